The van der Waals surface area contributed by atoms with Crippen LogP contribution in [0.25, 0.3) is 5.88 Å². The number of hydrogen-bond donors (Lipinski definition) is 0. The van der Waals surface area contributed by atoms with Gasteiger partial charge in [0.2, 0.25) is 11.7 Å². The van der Waals surface area contributed by atoms with Gasteiger partial charge in [-0.1, -0.05) is 0 Å². The SMILES string of the molecule is Cc1oc(-n2cccc2)c(C#N)c1C(=O)O[C@H](C)C(=O)c1ccc(OC(F)F)cc1. The lowest BCUT2D eigenvalue weighted by atomic mass is 10.1. The van der Waals surface area contributed by atoms with E-state index in [0.29, 0.717) is 0 Å². The minimum atomic E-state index is -2.98. The zero-order chi connectivity index (χ0) is 21.8. The number of carbonyl (C=O) groups excluding carboxylic acids is 2. The van der Waals surface area contributed by atoms with E-state index in [-0.39, 0.29) is 34.1 Å². The number of halogens is 2. The molecule has 0 aliphatic carbocycles. The Labute approximate surface area is 170 Å². The number of esters is 1. The molecule has 0 amide bonds. The molecule has 1 atom stereocenters. The Hall–Kier alpha value is -3.93. The van der Waals surface area contributed by atoms with Gasteiger partial charge in [0, 0.05) is 18.0 Å². The second-order valence-corrected chi connectivity index (χ2v) is 6.23. The molecular formula is C21H16F2N2O5. The third kappa shape index (κ3) is 4.22. The van der Waals surface area contributed by atoms with Crippen LogP contribution in [0.2, 0.25) is 0 Å². The number of benzene rings is 1. The van der Waals surface area contributed by atoms with Crippen molar-refractivity contribution in [3.63, 3.8) is 0 Å². The molecule has 0 aliphatic heterocycles. The number of alkyl halides is 2. The predicted molar refractivity (Wildman–Crippen MR) is 99.8 cm³/mol. The molecule has 9 heteroatoms. The summed E-state index contributed by atoms with van der Waals surface area (Å²) in [6.45, 7) is -0.0908. The molecule has 2 aromatic heterocycles. The molecule has 1 aromatic carbocycles. The van der Waals surface area contributed by atoms with Gasteiger partial charge in [0.15, 0.2) is 6.10 Å². The second kappa shape index (κ2) is 8.61. The molecule has 0 N–H and O–H groups in total. The first kappa shape index (κ1) is 20.8. The van der Waals surface area contributed by atoms with E-state index in [1.165, 1.54) is 38.1 Å². The number of furan rings is 1. The number of ketones is 1. The van der Waals surface area contributed by atoms with Crippen LogP contribution in [0, 0.1) is 18.3 Å². The summed E-state index contributed by atoms with van der Waals surface area (Å²) in [5.41, 5.74) is 0.0674. The van der Waals surface area contributed by atoms with Crippen molar-refractivity contribution in [2.45, 2.75) is 26.6 Å². The van der Waals surface area contributed by atoms with Gasteiger partial charge < -0.3 is 13.9 Å². The quantitative estimate of drug-likeness (QED) is 0.423. The van der Waals surface area contributed by atoms with E-state index in [9.17, 15) is 23.6 Å². The van der Waals surface area contributed by atoms with Crippen LogP contribution < -0.4 is 4.74 Å². The highest BCUT2D eigenvalue weighted by Gasteiger charge is 2.28. The van der Waals surface area contributed by atoms with E-state index in [0.717, 1.165) is 0 Å². The Bertz CT molecular complexity index is 1100. The number of rotatable bonds is 7. The molecule has 0 saturated carbocycles. The van der Waals surface area contributed by atoms with Gasteiger partial charge in [-0.25, -0.2) is 4.79 Å². The van der Waals surface area contributed by atoms with Gasteiger partial charge in [-0.05, 0) is 50.2 Å². The average molecular weight is 414 g/mol. The zero-order valence-electron chi connectivity index (χ0n) is 16.0. The van der Waals surface area contributed by atoms with Crippen LogP contribution >= 0.6 is 0 Å². The molecule has 0 radical (unpaired) electrons. The minimum Gasteiger partial charge on any atom is -0.451 e. The van der Waals surface area contributed by atoms with Crippen molar-refractivity contribution in [2.75, 3.05) is 0 Å². The van der Waals surface area contributed by atoms with E-state index >= 15 is 0 Å². The van der Waals surface area contributed by atoms with Crippen molar-refractivity contribution in [1.29, 1.82) is 5.26 Å². The molecule has 7 nitrogen and oxygen atoms in total. The Morgan fingerprint density at radius 3 is 2.37 bits per heavy atom. The van der Waals surface area contributed by atoms with Crippen LogP contribution in [0.3, 0.4) is 0 Å². The van der Waals surface area contributed by atoms with Gasteiger partial charge in [-0.3, -0.25) is 9.36 Å². The summed E-state index contributed by atoms with van der Waals surface area (Å²) >= 11 is 0. The maximum absolute atomic E-state index is 12.7. The number of aryl methyl sites for hydroxylation is 1. The third-order valence-corrected chi connectivity index (χ3v) is 4.24. The highest BCUT2D eigenvalue weighted by molar-refractivity contribution is 6.02. The molecule has 0 fully saturated rings. The molecule has 0 saturated heterocycles. The Kier molecular flexibility index (Phi) is 5.97. The van der Waals surface area contributed by atoms with E-state index in [1.54, 1.807) is 29.1 Å². The molecule has 0 aliphatic rings. The lowest BCUT2D eigenvalue weighted by Crippen LogP contribution is -2.25. The minimum absolute atomic E-state index is 0.0122. The molecule has 0 spiro atoms. The summed E-state index contributed by atoms with van der Waals surface area (Å²) in [7, 11) is 0. The number of Topliss-reactive ketones (excluding diaryl/α,β-unsaturated/α-hetero) is 1. The van der Waals surface area contributed by atoms with Gasteiger partial charge in [-0.2, -0.15) is 14.0 Å². The monoisotopic (exact) mass is 414 g/mol. The molecule has 2 heterocycles. The second-order valence-electron chi connectivity index (χ2n) is 6.23. The standard InChI is InChI=1S/C21H16F2N2O5/c1-12-17(16(11-24)19(28-12)25-9-3-4-10-25)20(27)29-13(2)18(26)14-5-7-15(8-6-14)30-21(22)23/h3-10,13,21H,1-2H3/t13-/m1/s1. The lowest BCUT2D eigenvalue weighted by molar-refractivity contribution is -0.0498. The van der Waals surface area contributed by atoms with Gasteiger partial charge >= 0.3 is 12.6 Å². The van der Waals surface area contributed by atoms with Gasteiger partial charge in [0.25, 0.3) is 0 Å². The van der Waals surface area contributed by atoms with Crippen molar-refractivity contribution >= 4 is 11.8 Å². The molecule has 30 heavy (non-hydrogen) atoms. The maximum atomic E-state index is 12.7. The van der Waals surface area contributed by atoms with Crippen LogP contribution in [0.15, 0.2) is 53.2 Å². The fraction of sp³-hybridized carbons (Fsp3) is 0.190. The van der Waals surface area contributed by atoms with Crippen LogP contribution in [0.1, 0.15) is 39.0 Å². The number of hydrogen-bond acceptors (Lipinski definition) is 6. The molecule has 0 unspecified atom stereocenters. The highest BCUT2D eigenvalue weighted by Crippen LogP contribution is 2.27. The molecule has 3 aromatic rings. The Balaban J connectivity index is 1.77. The maximum Gasteiger partial charge on any atom is 0.387 e. The van der Waals surface area contributed by atoms with Crippen molar-refractivity contribution in [2.24, 2.45) is 0 Å². The summed E-state index contributed by atoms with van der Waals surface area (Å²) in [5.74, 6) is -1.19. The number of nitrogens with zero attached hydrogens (tertiary/aromatic N) is 2. The summed E-state index contributed by atoms with van der Waals surface area (Å²) in [5, 5.41) is 9.51. The lowest BCUT2D eigenvalue weighted by Gasteiger charge is -2.12. The largest absolute Gasteiger partial charge is 0.451 e. The summed E-state index contributed by atoms with van der Waals surface area (Å²) in [4.78, 5) is 25.2. The van der Waals surface area contributed by atoms with Crippen molar-refractivity contribution < 1.29 is 32.3 Å². The van der Waals surface area contributed by atoms with E-state index in [4.69, 9.17) is 9.15 Å². The first-order valence-electron chi connectivity index (χ1n) is 8.78. The van der Waals surface area contributed by atoms with Crippen LogP contribution in [0.4, 0.5) is 8.78 Å². The van der Waals surface area contributed by atoms with Gasteiger partial charge in [0.05, 0.1) is 0 Å². The predicted octanol–water partition coefficient (Wildman–Crippen LogP) is 4.28. The van der Waals surface area contributed by atoms with Crippen LogP contribution in [-0.4, -0.2) is 29.0 Å². The number of carbonyl (C=O) groups is 2. The van der Waals surface area contributed by atoms with Crippen LogP contribution in [0.5, 0.6) is 5.75 Å². The molecular weight excluding hydrogens is 398 g/mol. The van der Waals surface area contributed by atoms with E-state index in [2.05, 4.69) is 4.74 Å². The summed E-state index contributed by atoms with van der Waals surface area (Å²) in [6.07, 6.45) is 2.12. The normalized spacial score (nSPS) is 11.7. The number of nitriles is 1. The van der Waals surface area contributed by atoms with E-state index < -0.39 is 24.5 Å². The topological polar surface area (TPSA) is 94.5 Å². The smallest absolute Gasteiger partial charge is 0.387 e. The number of aromatic nitrogens is 1. The summed E-state index contributed by atoms with van der Waals surface area (Å²) in [6, 6.07) is 10.4. The van der Waals surface area contributed by atoms with Crippen molar-refractivity contribution in [1.82, 2.24) is 4.57 Å². The van der Waals surface area contributed by atoms with Crippen molar-refractivity contribution in [3.8, 4) is 17.7 Å². The summed E-state index contributed by atoms with van der Waals surface area (Å²) < 4.78 is 41.0. The first-order valence-corrected chi connectivity index (χ1v) is 8.78. The molecule has 0 bridgehead atoms. The fourth-order valence-corrected chi connectivity index (χ4v) is 2.84. The highest BCUT2D eigenvalue weighted by atomic mass is 19.3. The zero-order valence-corrected chi connectivity index (χ0v) is 16.0. The third-order valence-electron chi connectivity index (χ3n) is 4.24. The molecule has 154 valence electrons. The van der Waals surface area contributed by atoms with Gasteiger partial charge in [0.1, 0.15) is 28.7 Å². The van der Waals surface area contributed by atoms with Crippen LogP contribution in [-0.2, 0) is 4.74 Å². The number of ether oxygens (including phenoxy) is 2. The Morgan fingerprint density at radius 1 is 1.17 bits per heavy atom. The Morgan fingerprint density at radius 2 is 1.80 bits per heavy atom. The average Bonchev–Trinajstić information content (AvgIpc) is 3.34. The first-order chi connectivity index (χ1) is 14.3. The van der Waals surface area contributed by atoms with Gasteiger partial charge in [-0.15, -0.1) is 0 Å². The van der Waals surface area contributed by atoms with E-state index in [1.807, 2.05) is 6.07 Å². The molecule has 3 rings (SSSR count). The fourth-order valence-electron chi connectivity index (χ4n) is 2.84. The van der Waals surface area contributed by atoms with Crippen molar-refractivity contribution in [3.05, 3.63) is 71.2 Å².